The van der Waals surface area contributed by atoms with Crippen molar-refractivity contribution in [3.63, 3.8) is 0 Å². The number of nitrogens with one attached hydrogen (secondary N) is 2. The Morgan fingerprint density at radius 1 is 0.857 bits per heavy atom. The summed E-state index contributed by atoms with van der Waals surface area (Å²) < 4.78 is 11.3. The maximum Gasteiger partial charge on any atom is 0.226 e. The highest BCUT2D eigenvalue weighted by Crippen LogP contribution is 2.29. The summed E-state index contributed by atoms with van der Waals surface area (Å²) in [5, 5.41) is 6.16. The Hall–Kier alpha value is -3.47. The van der Waals surface area contributed by atoms with E-state index in [1.807, 2.05) is 85.8 Å². The number of hydrogen-bond donors (Lipinski definition) is 2. The minimum Gasteiger partial charge on any atom is -0.494 e. The van der Waals surface area contributed by atoms with Crippen molar-refractivity contribution >= 4 is 17.3 Å². The van der Waals surface area contributed by atoms with Gasteiger partial charge in [-0.1, -0.05) is 30.3 Å². The van der Waals surface area contributed by atoms with Crippen molar-refractivity contribution in [2.45, 2.75) is 13.3 Å². The van der Waals surface area contributed by atoms with E-state index in [9.17, 15) is 4.79 Å². The van der Waals surface area contributed by atoms with Crippen molar-refractivity contribution in [1.29, 1.82) is 0 Å². The van der Waals surface area contributed by atoms with Crippen molar-refractivity contribution in [3.05, 3.63) is 78.9 Å². The topological polar surface area (TPSA) is 59.6 Å². The van der Waals surface area contributed by atoms with Crippen LogP contribution in [0.1, 0.15) is 13.3 Å². The lowest BCUT2D eigenvalue weighted by atomic mass is 10.2. The maximum absolute atomic E-state index is 12.2. The Bertz CT molecular complexity index is 880. The van der Waals surface area contributed by atoms with Crippen LogP contribution in [0.2, 0.25) is 0 Å². The standard InChI is InChI=1S/C23H24N2O3/c1-2-27-19-14-12-18(13-15-19)25-23(26)16-17-24-21-10-6-7-11-22(21)28-20-8-4-3-5-9-20/h3-15,24H,2,16-17H2,1H3,(H,25,26). The van der Waals surface area contributed by atoms with Gasteiger partial charge >= 0.3 is 0 Å². The zero-order chi connectivity index (χ0) is 19.6. The van der Waals surface area contributed by atoms with Crippen LogP contribution in [0.15, 0.2) is 78.9 Å². The van der Waals surface area contributed by atoms with E-state index in [1.54, 1.807) is 0 Å². The van der Waals surface area contributed by atoms with E-state index in [2.05, 4.69) is 10.6 Å². The number of hydrogen-bond acceptors (Lipinski definition) is 4. The number of carbonyl (C=O) groups excluding carboxylic acids is 1. The van der Waals surface area contributed by atoms with E-state index in [4.69, 9.17) is 9.47 Å². The maximum atomic E-state index is 12.2. The Labute approximate surface area is 165 Å². The summed E-state index contributed by atoms with van der Waals surface area (Å²) in [7, 11) is 0. The average Bonchev–Trinajstić information content (AvgIpc) is 2.72. The van der Waals surface area contributed by atoms with Gasteiger partial charge in [0.15, 0.2) is 5.75 Å². The van der Waals surface area contributed by atoms with Crippen LogP contribution in [-0.4, -0.2) is 19.1 Å². The molecule has 0 radical (unpaired) electrons. The van der Waals surface area contributed by atoms with Crippen molar-refractivity contribution < 1.29 is 14.3 Å². The van der Waals surface area contributed by atoms with Gasteiger partial charge < -0.3 is 20.1 Å². The highest BCUT2D eigenvalue weighted by atomic mass is 16.5. The van der Waals surface area contributed by atoms with E-state index < -0.39 is 0 Å². The molecular formula is C23H24N2O3. The molecule has 0 atom stereocenters. The van der Waals surface area contributed by atoms with Crippen LogP contribution in [0.25, 0.3) is 0 Å². The molecule has 5 nitrogen and oxygen atoms in total. The van der Waals surface area contributed by atoms with Gasteiger partial charge in [-0.05, 0) is 55.5 Å². The van der Waals surface area contributed by atoms with Gasteiger partial charge in [0.25, 0.3) is 0 Å². The number of amides is 1. The molecule has 5 heteroatoms. The van der Waals surface area contributed by atoms with Gasteiger partial charge in [-0.25, -0.2) is 0 Å². The number of ether oxygens (including phenoxy) is 2. The predicted octanol–water partition coefficient (Wildman–Crippen LogP) is 5.32. The van der Waals surface area contributed by atoms with Crippen LogP contribution >= 0.6 is 0 Å². The highest BCUT2D eigenvalue weighted by Gasteiger charge is 2.06. The normalized spacial score (nSPS) is 10.2. The summed E-state index contributed by atoms with van der Waals surface area (Å²) in [5.74, 6) is 2.22. The lowest BCUT2D eigenvalue weighted by molar-refractivity contribution is -0.115. The summed E-state index contributed by atoms with van der Waals surface area (Å²) >= 11 is 0. The lowest BCUT2D eigenvalue weighted by Gasteiger charge is -2.13. The largest absolute Gasteiger partial charge is 0.494 e. The van der Waals surface area contributed by atoms with Gasteiger partial charge in [0.1, 0.15) is 11.5 Å². The third-order valence-corrected chi connectivity index (χ3v) is 3.97. The summed E-state index contributed by atoms with van der Waals surface area (Å²) in [5.41, 5.74) is 1.60. The fraction of sp³-hybridized carbons (Fsp3) is 0.174. The van der Waals surface area contributed by atoms with Crippen molar-refractivity contribution in [1.82, 2.24) is 0 Å². The van der Waals surface area contributed by atoms with Crippen LogP contribution in [-0.2, 0) is 4.79 Å². The molecule has 0 unspecified atom stereocenters. The number of carbonyl (C=O) groups is 1. The Kier molecular flexibility index (Phi) is 6.90. The highest BCUT2D eigenvalue weighted by molar-refractivity contribution is 5.91. The van der Waals surface area contributed by atoms with Crippen molar-refractivity contribution in [2.75, 3.05) is 23.8 Å². The van der Waals surface area contributed by atoms with E-state index in [0.717, 1.165) is 28.6 Å². The minimum absolute atomic E-state index is 0.0573. The van der Waals surface area contributed by atoms with E-state index >= 15 is 0 Å². The molecule has 1 amide bonds. The quantitative estimate of drug-likeness (QED) is 0.531. The Balaban J connectivity index is 1.50. The fourth-order valence-electron chi connectivity index (χ4n) is 2.65. The van der Waals surface area contributed by atoms with Crippen LogP contribution in [0.4, 0.5) is 11.4 Å². The lowest BCUT2D eigenvalue weighted by Crippen LogP contribution is -2.16. The molecule has 3 aromatic rings. The zero-order valence-corrected chi connectivity index (χ0v) is 15.9. The summed E-state index contributed by atoms with van der Waals surface area (Å²) in [4.78, 5) is 12.2. The van der Waals surface area contributed by atoms with Crippen molar-refractivity contribution in [3.8, 4) is 17.2 Å². The van der Waals surface area contributed by atoms with Crippen LogP contribution in [0.3, 0.4) is 0 Å². The molecule has 3 rings (SSSR count). The molecule has 0 aliphatic rings. The third kappa shape index (κ3) is 5.77. The van der Waals surface area contributed by atoms with Gasteiger partial charge in [0, 0.05) is 18.7 Å². The monoisotopic (exact) mass is 376 g/mol. The summed E-state index contributed by atoms with van der Waals surface area (Å²) in [6.07, 6.45) is 0.340. The molecule has 3 aromatic carbocycles. The molecule has 0 bridgehead atoms. The molecule has 144 valence electrons. The summed E-state index contributed by atoms with van der Waals surface area (Å²) in [6, 6.07) is 24.6. The van der Waals surface area contributed by atoms with Gasteiger partial charge in [0.2, 0.25) is 5.91 Å². The molecule has 0 saturated carbocycles. The number of rotatable bonds is 9. The molecule has 0 spiro atoms. The minimum atomic E-state index is -0.0573. The number of para-hydroxylation sites is 3. The predicted molar refractivity (Wildman–Crippen MR) is 112 cm³/mol. The second-order valence-corrected chi connectivity index (χ2v) is 6.09. The Morgan fingerprint density at radius 3 is 2.32 bits per heavy atom. The molecule has 0 heterocycles. The molecular weight excluding hydrogens is 352 g/mol. The average molecular weight is 376 g/mol. The van der Waals surface area contributed by atoms with Gasteiger partial charge in [0.05, 0.1) is 12.3 Å². The number of anilines is 2. The molecule has 0 aliphatic carbocycles. The van der Waals surface area contributed by atoms with E-state index in [1.165, 1.54) is 0 Å². The SMILES string of the molecule is CCOc1ccc(NC(=O)CCNc2ccccc2Oc2ccccc2)cc1. The zero-order valence-electron chi connectivity index (χ0n) is 15.9. The Morgan fingerprint density at radius 2 is 1.57 bits per heavy atom. The molecule has 0 saturated heterocycles. The molecule has 28 heavy (non-hydrogen) atoms. The first-order valence-corrected chi connectivity index (χ1v) is 9.33. The van der Waals surface area contributed by atoms with Crippen LogP contribution in [0, 0.1) is 0 Å². The smallest absolute Gasteiger partial charge is 0.226 e. The van der Waals surface area contributed by atoms with Gasteiger partial charge in [-0.3, -0.25) is 4.79 Å². The van der Waals surface area contributed by atoms with Crippen molar-refractivity contribution in [2.24, 2.45) is 0 Å². The first-order chi connectivity index (χ1) is 13.7. The fourth-order valence-corrected chi connectivity index (χ4v) is 2.65. The molecule has 0 fully saturated rings. The first kappa shape index (κ1) is 19.3. The van der Waals surface area contributed by atoms with Crippen LogP contribution < -0.4 is 20.1 Å². The second-order valence-electron chi connectivity index (χ2n) is 6.09. The van der Waals surface area contributed by atoms with Crippen LogP contribution in [0.5, 0.6) is 17.2 Å². The molecule has 0 aromatic heterocycles. The first-order valence-electron chi connectivity index (χ1n) is 9.33. The van der Waals surface area contributed by atoms with Gasteiger partial charge in [-0.15, -0.1) is 0 Å². The number of benzene rings is 3. The molecule has 2 N–H and O–H groups in total. The third-order valence-electron chi connectivity index (χ3n) is 3.97. The van der Waals surface area contributed by atoms with E-state index in [-0.39, 0.29) is 5.91 Å². The molecule has 0 aliphatic heterocycles. The van der Waals surface area contributed by atoms with Gasteiger partial charge in [-0.2, -0.15) is 0 Å². The van der Waals surface area contributed by atoms with E-state index in [0.29, 0.717) is 19.6 Å². The summed E-state index contributed by atoms with van der Waals surface area (Å²) in [6.45, 7) is 3.05. The second kappa shape index (κ2) is 10.0.